The van der Waals surface area contributed by atoms with Gasteiger partial charge >= 0.3 is 0 Å². The van der Waals surface area contributed by atoms with Gasteiger partial charge in [-0.25, -0.2) is 4.98 Å². The van der Waals surface area contributed by atoms with E-state index in [2.05, 4.69) is 36.3 Å². The molecule has 0 atom stereocenters. The van der Waals surface area contributed by atoms with Crippen molar-refractivity contribution in [2.75, 3.05) is 11.1 Å². The number of carbonyl (C=O) groups excluding carboxylic acids is 1. The van der Waals surface area contributed by atoms with Crippen LogP contribution in [0.5, 0.6) is 0 Å². The summed E-state index contributed by atoms with van der Waals surface area (Å²) >= 11 is 1.41. The highest BCUT2D eigenvalue weighted by Gasteiger charge is 2.07. The lowest BCUT2D eigenvalue weighted by atomic mass is 10.1. The maximum Gasteiger partial charge on any atom is 0.250 e. The number of thiazole rings is 1. The van der Waals surface area contributed by atoms with Crippen LogP contribution in [-0.2, 0) is 4.79 Å². The normalized spacial score (nSPS) is 11.0. The van der Waals surface area contributed by atoms with Gasteiger partial charge in [-0.3, -0.25) is 10.1 Å². The standard InChI is InChI=1S/C20H19N3OS/c1-13-3-7-16(11-14(13)2)18-12-25-20(22-18)23-19(24)10-6-15-4-8-17(21)9-5-15/h3-12H,21H2,1-2H3,(H,22,23,24)/b10-6+. The van der Waals surface area contributed by atoms with Gasteiger partial charge in [0.2, 0.25) is 5.91 Å². The number of nitrogen functional groups attached to an aromatic ring is 1. The van der Waals surface area contributed by atoms with Gasteiger partial charge in [0, 0.05) is 22.7 Å². The summed E-state index contributed by atoms with van der Waals surface area (Å²) in [4.78, 5) is 16.5. The summed E-state index contributed by atoms with van der Waals surface area (Å²) in [5.74, 6) is -0.210. The lowest BCUT2D eigenvalue weighted by molar-refractivity contribution is -0.111. The minimum Gasteiger partial charge on any atom is -0.399 e. The molecule has 3 aromatic rings. The number of nitrogens with one attached hydrogen (secondary N) is 1. The zero-order valence-corrected chi connectivity index (χ0v) is 14.9. The predicted octanol–water partition coefficient (Wildman–Crippen LogP) is 4.66. The Labute approximate surface area is 151 Å². The first kappa shape index (κ1) is 16.9. The maximum atomic E-state index is 12.0. The third-order valence-electron chi connectivity index (χ3n) is 3.90. The summed E-state index contributed by atoms with van der Waals surface area (Å²) in [6.45, 7) is 4.16. The molecule has 0 saturated heterocycles. The van der Waals surface area contributed by atoms with Crippen LogP contribution in [0.4, 0.5) is 10.8 Å². The molecule has 5 heteroatoms. The Morgan fingerprint density at radius 2 is 1.88 bits per heavy atom. The van der Waals surface area contributed by atoms with E-state index in [1.165, 1.54) is 28.5 Å². The number of amides is 1. The van der Waals surface area contributed by atoms with Crippen LogP contribution in [0.15, 0.2) is 53.9 Å². The van der Waals surface area contributed by atoms with Crippen LogP contribution in [-0.4, -0.2) is 10.9 Å². The molecule has 0 spiro atoms. The third kappa shape index (κ3) is 4.33. The van der Waals surface area contributed by atoms with Gasteiger partial charge < -0.3 is 5.73 Å². The van der Waals surface area contributed by atoms with Crippen molar-refractivity contribution in [3.63, 3.8) is 0 Å². The number of nitrogens with two attached hydrogens (primary N) is 1. The van der Waals surface area contributed by atoms with Crippen LogP contribution >= 0.6 is 11.3 Å². The number of aromatic nitrogens is 1. The first-order chi connectivity index (χ1) is 12.0. The van der Waals surface area contributed by atoms with E-state index in [0.29, 0.717) is 10.8 Å². The lowest BCUT2D eigenvalue weighted by Crippen LogP contribution is -2.07. The number of hydrogen-bond acceptors (Lipinski definition) is 4. The molecule has 4 nitrogen and oxygen atoms in total. The molecule has 0 unspecified atom stereocenters. The van der Waals surface area contributed by atoms with Crippen LogP contribution in [0.3, 0.4) is 0 Å². The van der Waals surface area contributed by atoms with Crippen LogP contribution in [0, 0.1) is 13.8 Å². The molecule has 1 heterocycles. The van der Waals surface area contributed by atoms with E-state index in [1.54, 1.807) is 18.2 Å². The molecule has 126 valence electrons. The molecule has 0 aliphatic carbocycles. The van der Waals surface area contributed by atoms with Crippen LogP contribution in [0.1, 0.15) is 16.7 Å². The molecule has 0 bridgehead atoms. The van der Waals surface area contributed by atoms with E-state index in [1.807, 2.05) is 23.6 Å². The minimum absolute atomic E-state index is 0.210. The minimum atomic E-state index is -0.210. The summed E-state index contributed by atoms with van der Waals surface area (Å²) in [7, 11) is 0. The van der Waals surface area contributed by atoms with E-state index >= 15 is 0 Å². The number of benzene rings is 2. The topological polar surface area (TPSA) is 68.0 Å². The second kappa shape index (κ2) is 7.32. The third-order valence-corrected chi connectivity index (χ3v) is 4.66. The fourth-order valence-electron chi connectivity index (χ4n) is 2.29. The lowest BCUT2D eigenvalue weighted by Gasteiger charge is -2.02. The van der Waals surface area contributed by atoms with Gasteiger partial charge in [-0.05, 0) is 54.8 Å². The molecule has 1 aromatic heterocycles. The van der Waals surface area contributed by atoms with Crippen LogP contribution < -0.4 is 11.1 Å². The molecular weight excluding hydrogens is 330 g/mol. The van der Waals surface area contributed by atoms with E-state index in [9.17, 15) is 4.79 Å². The monoisotopic (exact) mass is 349 g/mol. The fourth-order valence-corrected chi connectivity index (χ4v) is 3.01. The van der Waals surface area contributed by atoms with Crippen LogP contribution in [0.25, 0.3) is 17.3 Å². The van der Waals surface area contributed by atoms with Crippen molar-refractivity contribution >= 4 is 34.1 Å². The molecule has 3 rings (SSSR count). The highest BCUT2D eigenvalue weighted by molar-refractivity contribution is 7.14. The quantitative estimate of drug-likeness (QED) is 0.532. The number of aryl methyl sites for hydroxylation is 2. The Morgan fingerprint density at radius 1 is 1.12 bits per heavy atom. The highest BCUT2D eigenvalue weighted by atomic mass is 32.1. The molecule has 3 N–H and O–H groups in total. The van der Waals surface area contributed by atoms with Crippen molar-refractivity contribution in [3.8, 4) is 11.3 Å². The summed E-state index contributed by atoms with van der Waals surface area (Å²) in [5.41, 5.74) is 11.7. The molecule has 0 saturated carbocycles. The Morgan fingerprint density at radius 3 is 2.60 bits per heavy atom. The smallest absolute Gasteiger partial charge is 0.250 e. The SMILES string of the molecule is Cc1ccc(-c2csc(NC(=O)/C=C/c3ccc(N)cc3)n2)cc1C. The first-order valence-corrected chi connectivity index (χ1v) is 8.77. The Hall–Kier alpha value is -2.92. The Kier molecular flexibility index (Phi) is 4.95. The summed E-state index contributed by atoms with van der Waals surface area (Å²) in [6.07, 6.45) is 3.23. The van der Waals surface area contributed by atoms with Crippen molar-refractivity contribution in [3.05, 3.63) is 70.6 Å². The van der Waals surface area contributed by atoms with Gasteiger partial charge in [0.15, 0.2) is 5.13 Å². The van der Waals surface area contributed by atoms with Crippen molar-refractivity contribution in [1.29, 1.82) is 0 Å². The molecule has 0 radical (unpaired) electrons. The Bertz CT molecular complexity index is 926. The van der Waals surface area contributed by atoms with Gasteiger partial charge in [-0.2, -0.15) is 0 Å². The van der Waals surface area contributed by atoms with Gasteiger partial charge in [0.1, 0.15) is 0 Å². The van der Waals surface area contributed by atoms with E-state index in [4.69, 9.17) is 5.73 Å². The number of carbonyl (C=O) groups is 1. The van der Waals surface area contributed by atoms with Crippen molar-refractivity contribution < 1.29 is 4.79 Å². The first-order valence-electron chi connectivity index (χ1n) is 7.89. The summed E-state index contributed by atoms with van der Waals surface area (Å²) in [6, 6.07) is 13.6. The number of hydrogen-bond donors (Lipinski definition) is 2. The molecule has 0 aliphatic rings. The average molecular weight is 349 g/mol. The summed E-state index contributed by atoms with van der Waals surface area (Å²) < 4.78 is 0. The maximum absolute atomic E-state index is 12.0. The molecule has 0 aliphatic heterocycles. The van der Waals surface area contributed by atoms with Gasteiger partial charge in [0.05, 0.1) is 5.69 Å². The zero-order valence-electron chi connectivity index (χ0n) is 14.1. The summed E-state index contributed by atoms with van der Waals surface area (Å²) in [5, 5.41) is 5.33. The van der Waals surface area contributed by atoms with Crippen LogP contribution in [0.2, 0.25) is 0 Å². The van der Waals surface area contributed by atoms with Gasteiger partial charge in [-0.1, -0.05) is 24.3 Å². The van der Waals surface area contributed by atoms with E-state index in [0.717, 1.165) is 16.8 Å². The molecule has 2 aromatic carbocycles. The average Bonchev–Trinajstić information content (AvgIpc) is 3.05. The Balaban J connectivity index is 1.67. The van der Waals surface area contributed by atoms with Gasteiger partial charge in [-0.15, -0.1) is 11.3 Å². The number of anilines is 2. The van der Waals surface area contributed by atoms with Gasteiger partial charge in [0.25, 0.3) is 0 Å². The fraction of sp³-hybridized carbons (Fsp3) is 0.100. The second-order valence-electron chi connectivity index (χ2n) is 5.83. The zero-order chi connectivity index (χ0) is 17.8. The van der Waals surface area contributed by atoms with Crippen molar-refractivity contribution in [1.82, 2.24) is 4.98 Å². The van der Waals surface area contributed by atoms with Crippen molar-refractivity contribution in [2.45, 2.75) is 13.8 Å². The predicted molar refractivity (Wildman–Crippen MR) is 106 cm³/mol. The van der Waals surface area contributed by atoms with Crippen molar-refractivity contribution in [2.24, 2.45) is 0 Å². The largest absolute Gasteiger partial charge is 0.399 e. The van der Waals surface area contributed by atoms with E-state index < -0.39 is 0 Å². The molecule has 25 heavy (non-hydrogen) atoms. The number of rotatable bonds is 4. The molecule has 0 fully saturated rings. The molecular formula is C20H19N3OS. The highest BCUT2D eigenvalue weighted by Crippen LogP contribution is 2.26. The number of nitrogens with zero attached hydrogens (tertiary/aromatic N) is 1. The molecule has 1 amide bonds. The second-order valence-corrected chi connectivity index (χ2v) is 6.68. The van der Waals surface area contributed by atoms with E-state index in [-0.39, 0.29) is 5.91 Å².